The van der Waals surface area contributed by atoms with Gasteiger partial charge >= 0.3 is 6.03 Å². The van der Waals surface area contributed by atoms with Crippen LogP contribution in [0.3, 0.4) is 0 Å². The van der Waals surface area contributed by atoms with Crippen LogP contribution in [0.15, 0.2) is 66.9 Å². The van der Waals surface area contributed by atoms with Crippen molar-refractivity contribution >= 4 is 34.7 Å². The fraction of sp³-hybridized carbons (Fsp3) is 0.250. The number of thiophene rings is 1. The van der Waals surface area contributed by atoms with Crippen molar-refractivity contribution in [2.75, 3.05) is 26.0 Å². The van der Waals surface area contributed by atoms with Crippen LogP contribution in [-0.2, 0) is 19.5 Å². The summed E-state index contributed by atoms with van der Waals surface area (Å²) in [6, 6.07) is 19.0. The number of anilines is 1. The van der Waals surface area contributed by atoms with E-state index in [4.69, 9.17) is 16.3 Å². The van der Waals surface area contributed by atoms with E-state index >= 15 is 0 Å². The first kappa shape index (κ1) is 23.2. The van der Waals surface area contributed by atoms with Gasteiger partial charge in [-0.15, -0.1) is 11.3 Å². The van der Waals surface area contributed by atoms with Crippen LogP contribution in [0.2, 0.25) is 5.02 Å². The summed E-state index contributed by atoms with van der Waals surface area (Å²) in [5.74, 6) is 0.749. The van der Waals surface area contributed by atoms with Crippen molar-refractivity contribution in [1.82, 2.24) is 14.4 Å². The van der Waals surface area contributed by atoms with Crippen molar-refractivity contribution in [3.05, 3.63) is 99.1 Å². The highest BCUT2D eigenvalue weighted by molar-refractivity contribution is 7.15. The summed E-state index contributed by atoms with van der Waals surface area (Å²) < 4.78 is 7.55. The van der Waals surface area contributed by atoms with Gasteiger partial charge in [-0.05, 0) is 73.1 Å². The second-order valence-electron chi connectivity index (χ2n) is 9.32. The highest BCUT2D eigenvalue weighted by atomic mass is 35.5. The molecule has 0 radical (unpaired) electrons. The molecule has 0 unspecified atom stereocenters. The fourth-order valence-corrected chi connectivity index (χ4v) is 6.79. The second-order valence-corrected chi connectivity index (χ2v) is 10.8. The summed E-state index contributed by atoms with van der Waals surface area (Å²) in [7, 11) is 3.80. The number of aromatic nitrogens is 1. The first-order valence-electron chi connectivity index (χ1n) is 12.0. The molecule has 4 heterocycles. The first-order chi connectivity index (χ1) is 17.5. The molecule has 36 heavy (non-hydrogen) atoms. The molecular weight excluding hydrogens is 492 g/mol. The van der Waals surface area contributed by atoms with E-state index in [1.54, 1.807) is 7.11 Å². The van der Waals surface area contributed by atoms with E-state index in [0.717, 1.165) is 42.2 Å². The number of carbonyl (C=O) groups is 1. The molecule has 2 aliphatic rings. The zero-order valence-corrected chi connectivity index (χ0v) is 21.8. The van der Waals surface area contributed by atoms with Gasteiger partial charge < -0.3 is 24.4 Å². The summed E-state index contributed by atoms with van der Waals surface area (Å²) in [5.41, 5.74) is 5.46. The SMILES string of the molecule is COc1ccc(NC(=O)N2Cc3c(sc4c3CCN(C)C4)-n3cccc3[C@@H]2c2ccc(Cl)cc2)cc1. The molecule has 0 aliphatic carbocycles. The molecule has 2 aromatic carbocycles. The normalized spacial score (nSPS) is 17.1. The minimum absolute atomic E-state index is 0.145. The minimum Gasteiger partial charge on any atom is -0.497 e. The topological polar surface area (TPSA) is 49.7 Å². The maximum absolute atomic E-state index is 14.0. The Hall–Kier alpha value is -3.26. The molecule has 1 atom stereocenters. The number of amides is 2. The van der Waals surface area contributed by atoms with Gasteiger partial charge in [0, 0.05) is 40.4 Å². The van der Waals surface area contributed by atoms with E-state index in [2.05, 4.69) is 40.2 Å². The fourth-order valence-electron chi connectivity index (χ4n) is 5.22. The lowest BCUT2D eigenvalue weighted by Crippen LogP contribution is -2.38. The van der Waals surface area contributed by atoms with Gasteiger partial charge in [0.05, 0.1) is 25.4 Å². The average molecular weight is 519 g/mol. The van der Waals surface area contributed by atoms with Crippen LogP contribution in [0.5, 0.6) is 5.75 Å². The standard InChI is InChI=1S/C28H27ClN4O2S/c1-31-15-13-22-23-16-33(28(34)30-20-9-11-21(35-2)12-10-20)26(18-5-7-19(29)8-6-18)24-4-3-14-32(24)27(23)36-25(22)17-31/h3-12,14,26H,13,15-17H2,1-2H3,(H,30,34)/t26-/m0/s1. The maximum atomic E-state index is 14.0. The number of nitrogens with zero attached hydrogens (tertiary/aromatic N) is 3. The summed E-state index contributed by atoms with van der Waals surface area (Å²) in [5, 5.41) is 5.02. The number of rotatable bonds is 3. The maximum Gasteiger partial charge on any atom is 0.322 e. The molecular formula is C28H27ClN4O2S. The zero-order chi connectivity index (χ0) is 24.8. The second kappa shape index (κ2) is 9.32. The monoisotopic (exact) mass is 518 g/mol. The first-order valence-corrected chi connectivity index (χ1v) is 13.2. The predicted molar refractivity (Wildman–Crippen MR) is 145 cm³/mol. The average Bonchev–Trinajstić information content (AvgIpc) is 3.46. The smallest absolute Gasteiger partial charge is 0.322 e. The van der Waals surface area contributed by atoms with Crippen molar-refractivity contribution in [2.24, 2.45) is 0 Å². The summed E-state index contributed by atoms with van der Waals surface area (Å²) in [6.45, 7) is 2.50. The van der Waals surface area contributed by atoms with Gasteiger partial charge in [0.2, 0.25) is 0 Å². The van der Waals surface area contributed by atoms with Crippen LogP contribution in [0.1, 0.15) is 33.3 Å². The molecule has 184 valence electrons. The Bertz CT molecular complexity index is 1410. The number of methoxy groups -OCH3 is 1. The number of hydrogen-bond donors (Lipinski definition) is 1. The largest absolute Gasteiger partial charge is 0.497 e. The van der Waals surface area contributed by atoms with Gasteiger partial charge in [-0.2, -0.15) is 0 Å². The lowest BCUT2D eigenvalue weighted by Gasteiger charge is -2.32. The molecule has 0 saturated carbocycles. The lowest BCUT2D eigenvalue weighted by atomic mass is 10.0. The van der Waals surface area contributed by atoms with E-state index in [1.165, 1.54) is 21.0 Å². The van der Waals surface area contributed by atoms with Crippen molar-refractivity contribution in [2.45, 2.75) is 25.6 Å². The molecule has 0 bridgehead atoms. The van der Waals surface area contributed by atoms with Crippen molar-refractivity contribution in [3.63, 3.8) is 0 Å². The van der Waals surface area contributed by atoms with Gasteiger partial charge in [-0.25, -0.2) is 4.79 Å². The van der Waals surface area contributed by atoms with Gasteiger partial charge in [-0.3, -0.25) is 0 Å². The molecule has 0 fully saturated rings. The molecule has 0 spiro atoms. The number of carbonyl (C=O) groups excluding carboxylic acids is 1. The van der Waals surface area contributed by atoms with Gasteiger partial charge in [-0.1, -0.05) is 23.7 Å². The molecule has 6 nitrogen and oxygen atoms in total. The molecule has 6 rings (SSSR count). The van der Waals surface area contributed by atoms with Crippen molar-refractivity contribution in [1.29, 1.82) is 0 Å². The lowest BCUT2D eigenvalue weighted by molar-refractivity contribution is 0.194. The number of likely N-dealkylation sites (N-methyl/N-ethyl adjacent to an activating group) is 1. The molecule has 2 aliphatic heterocycles. The van der Waals surface area contributed by atoms with Crippen LogP contribution in [0.4, 0.5) is 10.5 Å². The summed E-state index contributed by atoms with van der Waals surface area (Å²) >= 11 is 8.08. The third-order valence-electron chi connectivity index (χ3n) is 7.04. The Morgan fingerprint density at radius 2 is 1.83 bits per heavy atom. The quantitative estimate of drug-likeness (QED) is 0.345. The minimum atomic E-state index is -0.267. The molecule has 2 aromatic heterocycles. The van der Waals surface area contributed by atoms with E-state index in [0.29, 0.717) is 11.6 Å². The van der Waals surface area contributed by atoms with Crippen LogP contribution < -0.4 is 10.1 Å². The summed E-state index contributed by atoms with van der Waals surface area (Å²) in [4.78, 5) is 19.7. The number of halogens is 1. The number of urea groups is 1. The number of ether oxygens (including phenoxy) is 1. The van der Waals surface area contributed by atoms with Crippen LogP contribution in [0.25, 0.3) is 5.00 Å². The predicted octanol–water partition coefficient (Wildman–Crippen LogP) is 6.33. The van der Waals surface area contributed by atoms with Crippen molar-refractivity contribution < 1.29 is 9.53 Å². The van der Waals surface area contributed by atoms with E-state index in [-0.39, 0.29) is 12.1 Å². The van der Waals surface area contributed by atoms with E-state index in [1.807, 2.05) is 64.8 Å². The molecule has 4 aromatic rings. The Morgan fingerprint density at radius 3 is 2.58 bits per heavy atom. The van der Waals surface area contributed by atoms with Crippen LogP contribution >= 0.6 is 22.9 Å². The summed E-state index contributed by atoms with van der Waals surface area (Å²) in [6.07, 6.45) is 3.11. The molecule has 8 heteroatoms. The Kier molecular flexibility index (Phi) is 5.99. The van der Waals surface area contributed by atoms with E-state index < -0.39 is 0 Å². The molecule has 1 N–H and O–H groups in total. The van der Waals surface area contributed by atoms with Gasteiger partial charge in [0.15, 0.2) is 0 Å². The number of benzene rings is 2. The van der Waals surface area contributed by atoms with Gasteiger partial charge in [0.1, 0.15) is 10.8 Å². The van der Waals surface area contributed by atoms with Crippen LogP contribution in [0, 0.1) is 0 Å². The Balaban J connectivity index is 1.46. The molecule has 0 saturated heterocycles. The molecule has 2 amide bonds. The Labute approximate surface area is 219 Å². The van der Waals surface area contributed by atoms with Crippen molar-refractivity contribution in [3.8, 4) is 10.8 Å². The van der Waals surface area contributed by atoms with E-state index in [9.17, 15) is 4.79 Å². The van der Waals surface area contributed by atoms with Crippen LogP contribution in [-0.4, -0.2) is 41.1 Å². The number of fused-ring (bicyclic) bond motifs is 5. The highest BCUT2D eigenvalue weighted by Crippen LogP contribution is 2.43. The number of hydrogen-bond acceptors (Lipinski definition) is 4. The third-order valence-corrected chi connectivity index (χ3v) is 8.55. The zero-order valence-electron chi connectivity index (χ0n) is 20.2. The number of nitrogens with one attached hydrogen (secondary N) is 1. The third kappa shape index (κ3) is 4.07. The van der Waals surface area contributed by atoms with Gasteiger partial charge in [0.25, 0.3) is 0 Å². The highest BCUT2D eigenvalue weighted by Gasteiger charge is 2.36. The Morgan fingerprint density at radius 1 is 1.06 bits per heavy atom.